The van der Waals surface area contributed by atoms with Gasteiger partial charge < -0.3 is 20.3 Å². The van der Waals surface area contributed by atoms with Crippen LogP contribution in [0.5, 0.6) is 0 Å². The molecule has 2 atom stereocenters. The molecule has 2 heterocycles. The van der Waals surface area contributed by atoms with E-state index in [1.54, 1.807) is 0 Å². The molecule has 2 aliphatic heterocycles. The number of carbonyl (C=O) groups is 1. The van der Waals surface area contributed by atoms with Crippen molar-refractivity contribution in [1.29, 1.82) is 0 Å². The van der Waals surface area contributed by atoms with Crippen LogP contribution in [0, 0.1) is 0 Å². The fourth-order valence-corrected chi connectivity index (χ4v) is 3.21. The van der Waals surface area contributed by atoms with Crippen LogP contribution < -0.4 is 10.6 Å². The smallest absolute Gasteiger partial charge is 0.221 e. The number of ether oxygens (including phenoxy) is 1. The number of nitrogens with one attached hydrogen (secondary N) is 2. The molecule has 2 N–H and O–H groups in total. The Balaban J connectivity index is 1.61. The fourth-order valence-electron chi connectivity index (χ4n) is 2.26. The Morgan fingerprint density at radius 3 is 3.22 bits per heavy atom. The third-order valence-electron chi connectivity index (χ3n) is 3.30. The molecule has 5 nitrogen and oxygen atoms in total. The summed E-state index contributed by atoms with van der Waals surface area (Å²) >= 11 is 1.92. The molecule has 2 aliphatic rings. The first-order valence-corrected chi connectivity index (χ1v) is 7.77. The molecule has 0 spiro atoms. The number of amides is 1. The summed E-state index contributed by atoms with van der Waals surface area (Å²) in [5, 5.41) is 6.35. The highest BCUT2D eigenvalue weighted by Gasteiger charge is 2.20. The summed E-state index contributed by atoms with van der Waals surface area (Å²) in [6, 6.07) is 0.332. The maximum atomic E-state index is 11.8. The van der Waals surface area contributed by atoms with Crippen molar-refractivity contribution in [2.45, 2.75) is 18.6 Å². The van der Waals surface area contributed by atoms with Crippen molar-refractivity contribution >= 4 is 17.7 Å². The zero-order chi connectivity index (χ0) is 12.8. The Kier molecular flexibility index (Phi) is 5.75. The fraction of sp³-hybridized carbons (Fsp3) is 0.917. The summed E-state index contributed by atoms with van der Waals surface area (Å²) < 4.78 is 5.61. The van der Waals surface area contributed by atoms with E-state index in [-0.39, 0.29) is 12.0 Å². The van der Waals surface area contributed by atoms with Crippen molar-refractivity contribution in [1.82, 2.24) is 15.5 Å². The van der Waals surface area contributed by atoms with E-state index >= 15 is 0 Å². The Morgan fingerprint density at radius 1 is 1.61 bits per heavy atom. The number of morpholine rings is 1. The van der Waals surface area contributed by atoms with Crippen molar-refractivity contribution in [3.05, 3.63) is 0 Å². The lowest BCUT2D eigenvalue weighted by Crippen LogP contribution is -2.47. The highest BCUT2D eigenvalue weighted by molar-refractivity contribution is 7.99. The Labute approximate surface area is 113 Å². The second-order valence-corrected chi connectivity index (χ2v) is 6.14. The van der Waals surface area contributed by atoms with Gasteiger partial charge in [-0.1, -0.05) is 0 Å². The number of likely N-dealkylation sites (N-methyl/N-ethyl adjacent to an activating group) is 1. The minimum Gasteiger partial charge on any atom is -0.374 e. The highest BCUT2D eigenvalue weighted by Crippen LogP contribution is 2.10. The second-order valence-electron chi connectivity index (χ2n) is 4.99. The van der Waals surface area contributed by atoms with E-state index in [4.69, 9.17) is 4.74 Å². The van der Waals surface area contributed by atoms with E-state index in [0.717, 1.165) is 37.7 Å². The number of rotatable bonds is 4. The van der Waals surface area contributed by atoms with Gasteiger partial charge in [0.2, 0.25) is 5.91 Å². The number of thioether (sulfide) groups is 1. The predicted octanol–water partition coefficient (Wildman–Crippen LogP) is -0.472. The average molecular weight is 273 g/mol. The van der Waals surface area contributed by atoms with E-state index in [1.165, 1.54) is 0 Å². The molecular formula is C12H23N3O2S. The van der Waals surface area contributed by atoms with E-state index < -0.39 is 0 Å². The Bertz CT molecular complexity index is 272. The third kappa shape index (κ3) is 4.76. The van der Waals surface area contributed by atoms with Gasteiger partial charge in [-0.15, -0.1) is 0 Å². The summed E-state index contributed by atoms with van der Waals surface area (Å²) in [6.45, 7) is 4.28. The van der Waals surface area contributed by atoms with Crippen molar-refractivity contribution in [2.24, 2.45) is 0 Å². The van der Waals surface area contributed by atoms with Gasteiger partial charge in [0.25, 0.3) is 0 Å². The molecular weight excluding hydrogens is 250 g/mol. The molecule has 0 aliphatic carbocycles. The van der Waals surface area contributed by atoms with Gasteiger partial charge in [-0.25, -0.2) is 0 Å². The molecule has 2 fully saturated rings. The van der Waals surface area contributed by atoms with Crippen LogP contribution in [-0.2, 0) is 9.53 Å². The molecule has 6 heteroatoms. The molecule has 0 bridgehead atoms. The Morgan fingerprint density at radius 2 is 2.50 bits per heavy atom. The molecule has 0 aromatic rings. The van der Waals surface area contributed by atoms with Crippen LogP contribution in [0.4, 0.5) is 0 Å². The van der Waals surface area contributed by atoms with Crippen LogP contribution in [0.15, 0.2) is 0 Å². The zero-order valence-electron chi connectivity index (χ0n) is 11.0. The lowest BCUT2D eigenvalue weighted by Gasteiger charge is -2.30. The molecule has 18 heavy (non-hydrogen) atoms. The van der Waals surface area contributed by atoms with Gasteiger partial charge in [0, 0.05) is 50.1 Å². The first-order valence-electron chi connectivity index (χ1n) is 6.62. The molecule has 0 aromatic carbocycles. The minimum atomic E-state index is 0.131. The number of hydrogen-bond acceptors (Lipinski definition) is 5. The van der Waals surface area contributed by atoms with Crippen LogP contribution >= 0.6 is 11.8 Å². The number of carbonyl (C=O) groups excluding carboxylic acids is 1. The molecule has 1 amide bonds. The van der Waals surface area contributed by atoms with Gasteiger partial charge in [-0.2, -0.15) is 11.8 Å². The molecule has 104 valence electrons. The SMILES string of the molecule is CN1CCOC(CNC(=O)CC2CSCCN2)C1. The lowest BCUT2D eigenvalue weighted by molar-refractivity contribution is -0.122. The Hall–Kier alpha value is -0.300. The molecule has 2 unspecified atom stereocenters. The van der Waals surface area contributed by atoms with Crippen LogP contribution in [0.1, 0.15) is 6.42 Å². The predicted molar refractivity (Wildman–Crippen MR) is 74.0 cm³/mol. The maximum absolute atomic E-state index is 11.8. The number of nitrogens with zero attached hydrogens (tertiary/aromatic N) is 1. The van der Waals surface area contributed by atoms with Gasteiger partial charge in [0.1, 0.15) is 0 Å². The van der Waals surface area contributed by atoms with Crippen LogP contribution in [0.2, 0.25) is 0 Å². The minimum absolute atomic E-state index is 0.131. The number of hydrogen-bond donors (Lipinski definition) is 2. The van der Waals surface area contributed by atoms with Crippen molar-refractivity contribution in [3.8, 4) is 0 Å². The normalized spacial score (nSPS) is 30.1. The maximum Gasteiger partial charge on any atom is 0.221 e. The molecule has 0 aromatic heterocycles. The third-order valence-corrected chi connectivity index (χ3v) is 4.43. The molecule has 2 rings (SSSR count). The van der Waals surface area contributed by atoms with E-state index in [2.05, 4.69) is 22.6 Å². The quantitative estimate of drug-likeness (QED) is 0.725. The largest absolute Gasteiger partial charge is 0.374 e. The van der Waals surface area contributed by atoms with Crippen LogP contribution in [0.3, 0.4) is 0 Å². The van der Waals surface area contributed by atoms with Gasteiger partial charge in [0.05, 0.1) is 12.7 Å². The summed E-state index contributed by atoms with van der Waals surface area (Å²) in [6.07, 6.45) is 0.719. The molecule has 2 saturated heterocycles. The lowest BCUT2D eigenvalue weighted by atomic mass is 10.2. The average Bonchev–Trinajstić information content (AvgIpc) is 2.38. The van der Waals surface area contributed by atoms with Gasteiger partial charge in [-0.3, -0.25) is 4.79 Å². The van der Waals surface area contributed by atoms with E-state index in [0.29, 0.717) is 19.0 Å². The standard InChI is InChI=1S/C12H23N3O2S/c1-15-3-4-17-11(8-15)7-14-12(16)6-10-9-18-5-2-13-10/h10-11,13H,2-9H2,1H3,(H,14,16). The van der Waals surface area contributed by atoms with Crippen molar-refractivity contribution in [2.75, 3.05) is 51.3 Å². The van der Waals surface area contributed by atoms with Crippen LogP contribution in [0.25, 0.3) is 0 Å². The molecule has 0 radical (unpaired) electrons. The van der Waals surface area contributed by atoms with Crippen molar-refractivity contribution in [3.63, 3.8) is 0 Å². The van der Waals surface area contributed by atoms with Crippen LogP contribution in [-0.4, -0.2) is 74.3 Å². The summed E-state index contributed by atoms with van der Waals surface area (Å²) in [5.41, 5.74) is 0. The van der Waals surface area contributed by atoms with E-state index in [1.807, 2.05) is 11.8 Å². The zero-order valence-corrected chi connectivity index (χ0v) is 11.8. The first-order chi connectivity index (χ1) is 8.74. The van der Waals surface area contributed by atoms with E-state index in [9.17, 15) is 4.79 Å². The second kappa shape index (κ2) is 7.33. The van der Waals surface area contributed by atoms with Gasteiger partial charge >= 0.3 is 0 Å². The topological polar surface area (TPSA) is 53.6 Å². The summed E-state index contributed by atoms with van der Waals surface area (Å²) in [5.74, 6) is 2.32. The molecule has 0 saturated carbocycles. The van der Waals surface area contributed by atoms with Gasteiger partial charge in [-0.05, 0) is 7.05 Å². The summed E-state index contributed by atoms with van der Waals surface area (Å²) in [4.78, 5) is 14.0. The summed E-state index contributed by atoms with van der Waals surface area (Å²) in [7, 11) is 2.08. The van der Waals surface area contributed by atoms with Crippen molar-refractivity contribution < 1.29 is 9.53 Å². The van der Waals surface area contributed by atoms with Gasteiger partial charge in [0.15, 0.2) is 0 Å². The monoisotopic (exact) mass is 273 g/mol. The highest BCUT2D eigenvalue weighted by atomic mass is 32.2. The first kappa shape index (κ1) is 14.1.